The zero-order valence-electron chi connectivity index (χ0n) is 15.3. The Morgan fingerprint density at radius 1 is 1.36 bits per heavy atom. The number of alkyl halides is 3. The Morgan fingerprint density at radius 2 is 2.07 bits per heavy atom. The van der Waals surface area contributed by atoms with Crippen LogP contribution in [0.25, 0.3) is 0 Å². The minimum atomic E-state index is -5.08. The first-order chi connectivity index (χ1) is 13.2. The van der Waals surface area contributed by atoms with Gasteiger partial charge in [0.15, 0.2) is 0 Å². The number of amides is 1. The summed E-state index contributed by atoms with van der Waals surface area (Å²) in [5.74, 6) is -2.14. The van der Waals surface area contributed by atoms with E-state index in [0.29, 0.717) is 12.5 Å². The fraction of sp³-hybridized carbons (Fsp3) is 0.556. The number of hydrogen-bond acceptors (Lipinski definition) is 4. The van der Waals surface area contributed by atoms with Crippen LogP contribution in [0, 0.1) is 5.92 Å². The van der Waals surface area contributed by atoms with Gasteiger partial charge in [-0.1, -0.05) is 6.08 Å². The number of ether oxygens (including phenoxy) is 1. The number of fused-ring (bicyclic) bond motifs is 1. The van der Waals surface area contributed by atoms with Gasteiger partial charge in [-0.15, -0.1) is 6.58 Å². The highest BCUT2D eigenvalue weighted by Crippen LogP contribution is 2.25. The van der Waals surface area contributed by atoms with E-state index >= 15 is 0 Å². The van der Waals surface area contributed by atoms with Crippen LogP contribution in [0.15, 0.2) is 31.1 Å². The van der Waals surface area contributed by atoms with Gasteiger partial charge < -0.3 is 19.7 Å². The summed E-state index contributed by atoms with van der Waals surface area (Å²) < 4.78 is 37.7. The van der Waals surface area contributed by atoms with Crippen molar-refractivity contribution in [2.75, 3.05) is 39.3 Å². The van der Waals surface area contributed by atoms with Crippen LogP contribution in [0.2, 0.25) is 0 Å². The molecule has 3 rings (SSSR count). The van der Waals surface area contributed by atoms with E-state index in [9.17, 15) is 18.0 Å². The van der Waals surface area contributed by atoms with Crippen molar-refractivity contribution in [1.82, 2.24) is 14.8 Å². The monoisotopic (exact) mass is 403 g/mol. The van der Waals surface area contributed by atoms with Gasteiger partial charge >= 0.3 is 12.1 Å². The van der Waals surface area contributed by atoms with Crippen molar-refractivity contribution in [2.45, 2.75) is 18.7 Å². The number of halogens is 3. The highest BCUT2D eigenvalue weighted by molar-refractivity contribution is 5.94. The van der Waals surface area contributed by atoms with E-state index in [-0.39, 0.29) is 12.0 Å². The predicted octanol–water partition coefficient (Wildman–Crippen LogP) is 2.00. The molecule has 0 unspecified atom stereocenters. The van der Waals surface area contributed by atoms with Gasteiger partial charge in [0.25, 0.3) is 5.91 Å². The van der Waals surface area contributed by atoms with Crippen LogP contribution in [0.5, 0.6) is 0 Å². The van der Waals surface area contributed by atoms with Crippen molar-refractivity contribution >= 4 is 11.9 Å². The van der Waals surface area contributed by atoms with Crippen LogP contribution in [0.4, 0.5) is 13.2 Å². The Morgan fingerprint density at radius 3 is 2.64 bits per heavy atom. The third-order valence-electron chi connectivity index (χ3n) is 4.69. The highest BCUT2D eigenvalue weighted by Gasteiger charge is 2.38. The largest absolute Gasteiger partial charge is 0.490 e. The molecule has 2 atom stereocenters. The molecule has 2 aliphatic rings. The first-order valence-electron chi connectivity index (χ1n) is 8.89. The molecule has 156 valence electrons. The van der Waals surface area contributed by atoms with Crippen LogP contribution in [0.3, 0.4) is 0 Å². The number of carbonyl (C=O) groups excluding carboxylic acids is 1. The zero-order chi connectivity index (χ0) is 20.7. The van der Waals surface area contributed by atoms with E-state index in [4.69, 9.17) is 14.6 Å². The second-order valence-electron chi connectivity index (χ2n) is 6.66. The van der Waals surface area contributed by atoms with Crippen molar-refractivity contribution in [1.29, 1.82) is 0 Å². The van der Waals surface area contributed by atoms with Gasteiger partial charge in [0.05, 0.1) is 18.3 Å². The number of rotatable bonds is 3. The Hall–Kier alpha value is -2.33. The average Bonchev–Trinajstić information content (AvgIpc) is 3.09. The van der Waals surface area contributed by atoms with E-state index in [1.165, 1.54) is 0 Å². The lowest BCUT2D eigenvalue weighted by molar-refractivity contribution is -0.192. The Balaban J connectivity index is 0.000000345. The number of carboxylic acids is 1. The van der Waals surface area contributed by atoms with Gasteiger partial charge in [0.2, 0.25) is 0 Å². The molecule has 2 fully saturated rings. The van der Waals surface area contributed by atoms with E-state index in [1.807, 2.05) is 17.0 Å². The number of nitrogens with one attached hydrogen (secondary N) is 1. The molecular formula is C18H24F3N3O4. The van der Waals surface area contributed by atoms with E-state index in [1.54, 1.807) is 12.4 Å². The number of H-pyrrole nitrogens is 1. The van der Waals surface area contributed by atoms with E-state index in [0.717, 1.165) is 44.8 Å². The zero-order valence-corrected chi connectivity index (χ0v) is 15.3. The number of carboxylic acid groups (broad SMARTS) is 1. The molecule has 2 saturated heterocycles. The molecule has 0 aliphatic carbocycles. The molecule has 3 heterocycles. The number of aromatic amines is 1. The third-order valence-corrected chi connectivity index (χ3v) is 4.69. The Kier molecular flexibility index (Phi) is 7.64. The molecule has 1 aromatic rings. The molecule has 7 nitrogen and oxygen atoms in total. The molecule has 0 saturated carbocycles. The lowest BCUT2D eigenvalue weighted by atomic mass is 9.93. The summed E-state index contributed by atoms with van der Waals surface area (Å²) in [6.07, 6.45) is 1.58. The van der Waals surface area contributed by atoms with Crippen LogP contribution < -0.4 is 0 Å². The predicted molar refractivity (Wildman–Crippen MR) is 94.9 cm³/mol. The number of nitrogens with zero attached hydrogens (tertiary/aromatic N) is 2. The lowest BCUT2D eigenvalue weighted by Crippen LogP contribution is -2.49. The van der Waals surface area contributed by atoms with Gasteiger partial charge in [0, 0.05) is 51.0 Å². The second kappa shape index (κ2) is 9.74. The van der Waals surface area contributed by atoms with Crippen molar-refractivity contribution in [3.8, 4) is 0 Å². The number of carbonyl (C=O) groups is 2. The molecule has 0 spiro atoms. The first kappa shape index (κ1) is 22.0. The van der Waals surface area contributed by atoms with Crippen molar-refractivity contribution in [2.24, 2.45) is 5.92 Å². The molecule has 10 heteroatoms. The average molecular weight is 403 g/mol. The van der Waals surface area contributed by atoms with Crippen LogP contribution in [-0.4, -0.2) is 83.4 Å². The SMILES string of the molecule is C=CCN1CCO[C@@H]2CN(C(=O)c3cc[nH]c3)CC[C@@H]2C1.O=C(O)C(F)(F)F. The molecule has 1 amide bonds. The fourth-order valence-corrected chi connectivity index (χ4v) is 3.29. The van der Waals surface area contributed by atoms with Gasteiger partial charge in [-0.3, -0.25) is 9.69 Å². The smallest absolute Gasteiger partial charge is 0.475 e. The number of aromatic nitrogens is 1. The van der Waals surface area contributed by atoms with Crippen molar-refractivity contribution < 1.29 is 32.6 Å². The molecule has 0 radical (unpaired) electrons. The first-order valence-corrected chi connectivity index (χ1v) is 8.89. The summed E-state index contributed by atoms with van der Waals surface area (Å²) in [6, 6.07) is 1.83. The Labute approximate surface area is 160 Å². The molecule has 28 heavy (non-hydrogen) atoms. The minimum Gasteiger partial charge on any atom is -0.475 e. The second-order valence-corrected chi connectivity index (χ2v) is 6.66. The maximum atomic E-state index is 12.4. The molecule has 0 bridgehead atoms. The number of hydrogen-bond donors (Lipinski definition) is 2. The van der Waals surface area contributed by atoms with Crippen LogP contribution in [0.1, 0.15) is 16.8 Å². The van der Waals surface area contributed by atoms with Gasteiger partial charge in [0.1, 0.15) is 0 Å². The summed E-state index contributed by atoms with van der Waals surface area (Å²) >= 11 is 0. The number of likely N-dealkylation sites (tertiary alicyclic amines) is 1. The van der Waals surface area contributed by atoms with E-state index < -0.39 is 12.1 Å². The molecule has 2 aliphatic heterocycles. The summed E-state index contributed by atoms with van der Waals surface area (Å²) in [6.45, 7) is 8.98. The molecule has 0 aromatic carbocycles. The lowest BCUT2D eigenvalue weighted by Gasteiger charge is -2.37. The normalized spacial score (nSPS) is 23.0. The van der Waals surface area contributed by atoms with Crippen LogP contribution >= 0.6 is 0 Å². The number of aliphatic carboxylic acids is 1. The van der Waals surface area contributed by atoms with Gasteiger partial charge in [-0.25, -0.2) is 4.79 Å². The van der Waals surface area contributed by atoms with Crippen LogP contribution in [-0.2, 0) is 9.53 Å². The highest BCUT2D eigenvalue weighted by atomic mass is 19.4. The molecule has 2 N–H and O–H groups in total. The van der Waals surface area contributed by atoms with Crippen molar-refractivity contribution in [3.05, 3.63) is 36.7 Å². The molecule has 1 aromatic heterocycles. The third kappa shape index (κ3) is 6.10. The molecular weight excluding hydrogens is 379 g/mol. The van der Waals surface area contributed by atoms with Crippen molar-refractivity contribution in [3.63, 3.8) is 0 Å². The minimum absolute atomic E-state index is 0.102. The maximum Gasteiger partial charge on any atom is 0.490 e. The Bertz CT molecular complexity index is 664. The summed E-state index contributed by atoms with van der Waals surface area (Å²) in [7, 11) is 0. The summed E-state index contributed by atoms with van der Waals surface area (Å²) in [5, 5.41) is 7.12. The summed E-state index contributed by atoms with van der Waals surface area (Å²) in [5.41, 5.74) is 0.732. The topological polar surface area (TPSA) is 85.9 Å². The number of piperidine rings is 1. The fourth-order valence-electron chi connectivity index (χ4n) is 3.29. The van der Waals surface area contributed by atoms with E-state index in [2.05, 4.69) is 16.5 Å². The summed E-state index contributed by atoms with van der Waals surface area (Å²) in [4.78, 5) is 28.6. The quantitative estimate of drug-likeness (QED) is 0.754. The van der Waals surface area contributed by atoms with Gasteiger partial charge in [-0.2, -0.15) is 13.2 Å². The maximum absolute atomic E-state index is 12.4. The standard InChI is InChI=1S/C16H23N3O2.C2HF3O2/c1-2-6-18-8-9-21-15-12-19(7-4-14(15)11-18)16(20)13-3-5-17-10-13;3-2(4,5)1(6)7/h2-3,5,10,14-15,17H,1,4,6-9,11-12H2;(H,6,7)/t14-,15-;/m1./s1. The van der Waals surface area contributed by atoms with Gasteiger partial charge in [-0.05, 0) is 12.5 Å².